The lowest BCUT2D eigenvalue weighted by Gasteiger charge is -2.29. The Hall–Kier alpha value is -2.15. The van der Waals surface area contributed by atoms with Gasteiger partial charge < -0.3 is 9.47 Å². The second kappa shape index (κ2) is 8.69. The molecule has 3 rings (SSSR count). The van der Waals surface area contributed by atoms with Gasteiger partial charge in [0, 0.05) is 17.2 Å². The first kappa shape index (κ1) is 21.6. The standard InChI is InChI=1S/C21H21Cl2NO4S/c1-4-27-21-16(6-5-11-24(21)29(3,25)26)17-12-14(2)7-10-20(17)28-15-8-9-18(22)19(23)13-15/h5-10,12-13H,4,11H2,1-3H3. The van der Waals surface area contributed by atoms with Crippen molar-refractivity contribution < 1.29 is 17.9 Å². The fraction of sp³-hybridized carbons (Fsp3) is 0.238. The molecule has 5 nitrogen and oxygen atoms in total. The molecule has 0 atom stereocenters. The van der Waals surface area contributed by atoms with Crippen molar-refractivity contribution >= 4 is 38.8 Å². The first-order valence-electron chi connectivity index (χ1n) is 8.96. The summed E-state index contributed by atoms with van der Waals surface area (Å²) in [7, 11) is -3.50. The number of nitrogens with zero attached hydrogens (tertiary/aromatic N) is 1. The highest BCUT2D eigenvalue weighted by molar-refractivity contribution is 7.88. The zero-order valence-corrected chi connectivity index (χ0v) is 18.6. The molecule has 0 aromatic heterocycles. The lowest BCUT2D eigenvalue weighted by atomic mass is 10.0. The molecule has 0 saturated carbocycles. The fourth-order valence-electron chi connectivity index (χ4n) is 2.94. The van der Waals surface area contributed by atoms with Gasteiger partial charge in [-0.3, -0.25) is 0 Å². The van der Waals surface area contributed by atoms with Crippen LogP contribution in [-0.4, -0.2) is 32.1 Å². The average molecular weight is 454 g/mol. The van der Waals surface area contributed by atoms with Crippen molar-refractivity contribution in [3.05, 3.63) is 75.6 Å². The molecule has 0 aliphatic carbocycles. The number of aryl methyl sites for hydroxylation is 1. The lowest BCUT2D eigenvalue weighted by molar-refractivity contribution is 0.171. The van der Waals surface area contributed by atoms with Crippen LogP contribution < -0.4 is 4.74 Å². The summed E-state index contributed by atoms with van der Waals surface area (Å²) in [4.78, 5) is 0. The maximum atomic E-state index is 12.3. The van der Waals surface area contributed by atoms with Crippen LogP contribution in [0.1, 0.15) is 18.1 Å². The van der Waals surface area contributed by atoms with Gasteiger partial charge in [0.1, 0.15) is 11.5 Å². The molecule has 0 unspecified atom stereocenters. The number of sulfonamides is 1. The van der Waals surface area contributed by atoms with E-state index in [1.807, 2.05) is 38.1 Å². The number of rotatable bonds is 6. The maximum absolute atomic E-state index is 12.3. The molecule has 29 heavy (non-hydrogen) atoms. The van der Waals surface area contributed by atoms with Crippen molar-refractivity contribution in [3.63, 3.8) is 0 Å². The Balaban J connectivity index is 2.14. The van der Waals surface area contributed by atoms with E-state index in [4.69, 9.17) is 32.7 Å². The van der Waals surface area contributed by atoms with Crippen LogP contribution in [0.3, 0.4) is 0 Å². The Kier molecular flexibility index (Phi) is 6.46. The predicted molar refractivity (Wildman–Crippen MR) is 117 cm³/mol. The van der Waals surface area contributed by atoms with E-state index in [0.29, 0.717) is 39.3 Å². The number of ether oxygens (including phenoxy) is 2. The summed E-state index contributed by atoms with van der Waals surface area (Å²) in [6.45, 7) is 4.31. The van der Waals surface area contributed by atoms with Crippen LogP contribution in [0.25, 0.3) is 5.57 Å². The molecule has 8 heteroatoms. The third-order valence-electron chi connectivity index (χ3n) is 4.24. The van der Waals surface area contributed by atoms with Crippen molar-refractivity contribution in [2.24, 2.45) is 0 Å². The largest absolute Gasteiger partial charge is 0.478 e. The van der Waals surface area contributed by atoms with E-state index in [0.717, 1.165) is 11.8 Å². The second-order valence-electron chi connectivity index (χ2n) is 6.53. The minimum atomic E-state index is -3.50. The minimum Gasteiger partial charge on any atom is -0.478 e. The molecular formula is C21H21Cl2NO4S. The van der Waals surface area contributed by atoms with Gasteiger partial charge in [-0.2, -0.15) is 0 Å². The molecule has 0 N–H and O–H groups in total. The summed E-state index contributed by atoms with van der Waals surface area (Å²) in [6, 6.07) is 10.7. The number of hydrogen-bond acceptors (Lipinski definition) is 4. The smallest absolute Gasteiger partial charge is 0.234 e. The molecule has 0 bridgehead atoms. The van der Waals surface area contributed by atoms with Crippen LogP contribution in [0, 0.1) is 6.92 Å². The topological polar surface area (TPSA) is 55.8 Å². The Morgan fingerprint density at radius 2 is 1.86 bits per heavy atom. The van der Waals surface area contributed by atoms with Crippen LogP contribution in [0.2, 0.25) is 10.0 Å². The summed E-state index contributed by atoms with van der Waals surface area (Å²) in [5, 5.41) is 0.816. The highest BCUT2D eigenvalue weighted by atomic mass is 35.5. The van der Waals surface area contributed by atoms with Gasteiger partial charge in [-0.1, -0.05) is 47.0 Å². The molecular weight excluding hydrogens is 433 g/mol. The zero-order valence-electron chi connectivity index (χ0n) is 16.3. The van der Waals surface area contributed by atoms with Gasteiger partial charge in [0.15, 0.2) is 0 Å². The number of halogens is 2. The average Bonchev–Trinajstić information content (AvgIpc) is 2.66. The van der Waals surface area contributed by atoms with Crippen molar-refractivity contribution in [2.75, 3.05) is 19.4 Å². The minimum absolute atomic E-state index is 0.215. The highest BCUT2D eigenvalue weighted by Crippen LogP contribution is 2.37. The van der Waals surface area contributed by atoms with E-state index >= 15 is 0 Å². The van der Waals surface area contributed by atoms with E-state index in [1.54, 1.807) is 24.3 Å². The van der Waals surface area contributed by atoms with E-state index in [2.05, 4.69) is 0 Å². The fourth-order valence-corrected chi connectivity index (χ4v) is 4.04. The molecule has 1 heterocycles. The van der Waals surface area contributed by atoms with Gasteiger partial charge in [0.25, 0.3) is 0 Å². The number of hydrogen-bond donors (Lipinski definition) is 0. The molecule has 2 aromatic carbocycles. The molecule has 0 amide bonds. The van der Waals surface area contributed by atoms with Crippen LogP contribution >= 0.6 is 23.2 Å². The Morgan fingerprint density at radius 3 is 2.52 bits per heavy atom. The van der Waals surface area contributed by atoms with E-state index < -0.39 is 10.0 Å². The van der Waals surface area contributed by atoms with Gasteiger partial charge in [-0.25, -0.2) is 12.7 Å². The summed E-state index contributed by atoms with van der Waals surface area (Å²) in [5.41, 5.74) is 2.33. The molecule has 0 saturated heterocycles. The van der Waals surface area contributed by atoms with E-state index in [-0.39, 0.29) is 12.4 Å². The van der Waals surface area contributed by atoms with Gasteiger partial charge in [-0.05, 0) is 38.1 Å². The van der Waals surface area contributed by atoms with Gasteiger partial charge >= 0.3 is 0 Å². The van der Waals surface area contributed by atoms with Crippen LogP contribution in [0.5, 0.6) is 11.5 Å². The molecule has 0 radical (unpaired) electrons. The summed E-state index contributed by atoms with van der Waals surface area (Å²) in [5.74, 6) is 1.34. The van der Waals surface area contributed by atoms with E-state index in [9.17, 15) is 8.42 Å². The van der Waals surface area contributed by atoms with Gasteiger partial charge in [0.05, 0.1) is 29.5 Å². The van der Waals surface area contributed by atoms with Crippen LogP contribution in [0.4, 0.5) is 0 Å². The first-order valence-corrected chi connectivity index (χ1v) is 11.6. The van der Waals surface area contributed by atoms with Crippen LogP contribution in [0.15, 0.2) is 54.4 Å². The van der Waals surface area contributed by atoms with Crippen molar-refractivity contribution in [1.82, 2.24) is 4.31 Å². The van der Waals surface area contributed by atoms with Gasteiger partial charge in [0.2, 0.25) is 15.9 Å². The summed E-state index contributed by atoms with van der Waals surface area (Å²) in [6.07, 6.45) is 4.79. The molecule has 154 valence electrons. The summed E-state index contributed by atoms with van der Waals surface area (Å²) >= 11 is 12.1. The predicted octanol–water partition coefficient (Wildman–Crippen LogP) is 5.63. The van der Waals surface area contributed by atoms with Crippen molar-refractivity contribution in [2.45, 2.75) is 13.8 Å². The third-order valence-corrected chi connectivity index (χ3v) is 6.09. The summed E-state index contributed by atoms with van der Waals surface area (Å²) < 4.78 is 37.6. The first-order chi connectivity index (χ1) is 13.7. The lowest BCUT2D eigenvalue weighted by Crippen LogP contribution is -2.33. The zero-order chi connectivity index (χ0) is 21.2. The highest BCUT2D eigenvalue weighted by Gasteiger charge is 2.27. The quantitative estimate of drug-likeness (QED) is 0.568. The van der Waals surface area contributed by atoms with Crippen molar-refractivity contribution in [1.29, 1.82) is 0 Å². The third kappa shape index (κ3) is 4.89. The molecule has 1 aliphatic heterocycles. The molecule has 0 spiro atoms. The normalized spacial score (nSPS) is 14.3. The molecule has 2 aromatic rings. The Morgan fingerprint density at radius 1 is 1.10 bits per heavy atom. The number of benzene rings is 2. The monoisotopic (exact) mass is 453 g/mol. The Labute approximate surface area is 181 Å². The maximum Gasteiger partial charge on any atom is 0.234 e. The molecule has 1 aliphatic rings. The van der Waals surface area contributed by atoms with E-state index in [1.165, 1.54) is 4.31 Å². The van der Waals surface area contributed by atoms with Gasteiger partial charge in [-0.15, -0.1) is 0 Å². The van der Waals surface area contributed by atoms with Crippen LogP contribution in [-0.2, 0) is 14.8 Å². The number of allylic oxidation sites excluding steroid dienone is 2. The second-order valence-corrected chi connectivity index (χ2v) is 9.25. The molecule has 0 fully saturated rings. The van der Waals surface area contributed by atoms with Crippen molar-refractivity contribution in [3.8, 4) is 11.5 Å². The Bertz CT molecular complexity index is 1090. The SMILES string of the molecule is CCOC1=C(c2cc(C)ccc2Oc2ccc(Cl)c(Cl)c2)C=CCN1S(C)(=O)=O.